The number of hydrogen-bond acceptors (Lipinski definition) is 5. The highest BCUT2D eigenvalue weighted by molar-refractivity contribution is 6.54. The van der Waals surface area contributed by atoms with Gasteiger partial charge in [-0.1, -0.05) is 0 Å². The van der Waals surface area contributed by atoms with Crippen LogP contribution in [0.3, 0.4) is 0 Å². The maximum absolute atomic E-state index is 8.56. The van der Waals surface area contributed by atoms with Gasteiger partial charge in [0, 0.05) is 0 Å². The highest BCUT2D eigenvalue weighted by Crippen LogP contribution is 2.16. The molecule has 0 aromatic carbocycles. The first-order chi connectivity index (χ1) is 6.33. The van der Waals surface area contributed by atoms with Gasteiger partial charge in [-0.3, -0.25) is 0 Å². The summed E-state index contributed by atoms with van der Waals surface area (Å²) in [6.45, 7) is 1.34. The van der Waals surface area contributed by atoms with Gasteiger partial charge in [-0.2, -0.15) is 0 Å². The fourth-order valence-corrected chi connectivity index (χ4v) is 2.79. The number of aliphatic hydroxyl groups excluding tert-OH is 1. The number of rotatable bonds is 6. The Morgan fingerprint density at radius 3 is 2.38 bits per heavy atom. The molecule has 3 N–H and O–H groups in total. The third-order valence-electron chi connectivity index (χ3n) is 1.39. The molecule has 0 spiro atoms. The van der Waals surface area contributed by atoms with Gasteiger partial charge < -0.3 is 27.9 Å². The molecule has 13 heavy (non-hydrogen) atoms. The zero-order valence-corrected chi connectivity index (χ0v) is 8.32. The Morgan fingerprint density at radius 1 is 1.23 bits per heavy atom. The van der Waals surface area contributed by atoms with E-state index in [1.54, 1.807) is 0 Å². The van der Waals surface area contributed by atoms with Gasteiger partial charge in [0.1, 0.15) is 6.61 Å². The maximum Gasteiger partial charge on any atom is 0.680 e. The number of aliphatic hydroxyl groups is 1. The summed E-state index contributed by atoms with van der Waals surface area (Å²) < 4.78 is 20.8. The third-order valence-corrected chi connectivity index (χ3v) is 3.62. The molecule has 1 fully saturated rings. The van der Waals surface area contributed by atoms with E-state index in [0.29, 0.717) is 13.2 Å². The summed E-state index contributed by atoms with van der Waals surface area (Å²) in [5, 5.41) is 15.5. The average molecular weight is 211 g/mol. The summed E-state index contributed by atoms with van der Waals surface area (Å²) in [7, 11) is -2.95. The van der Waals surface area contributed by atoms with Crippen LogP contribution in [-0.4, -0.2) is 58.9 Å². The van der Waals surface area contributed by atoms with Crippen molar-refractivity contribution in [2.75, 3.05) is 39.6 Å². The van der Waals surface area contributed by atoms with E-state index in [4.69, 9.17) is 27.9 Å². The van der Waals surface area contributed by atoms with Crippen LogP contribution in [0.15, 0.2) is 0 Å². The van der Waals surface area contributed by atoms with Crippen LogP contribution in [0.1, 0.15) is 0 Å². The van der Waals surface area contributed by atoms with E-state index >= 15 is 0 Å². The first kappa shape index (κ1) is 11.1. The van der Waals surface area contributed by atoms with Crippen molar-refractivity contribution in [2.24, 2.45) is 0 Å². The maximum atomic E-state index is 8.56. The van der Waals surface area contributed by atoms with Gasteiger partial charge in [-0.25, -0.2) is 0 Å². The minimum Gasteiger partial charge on any atom is -0.444 e. The van der Waals surface area contributed by atoms with Gasteiger partial charge in [0.25, 0.3) is 0 Å². The lowest BCUT2D eigenvalue weighted by Crippen LogP contribution is -2.45. The van der Waals surface area contributed by atoms with Crippen molar-refractivity contribution < 1.29 is 27.9 Å². The molecule has 78 valence electrons. The molecular formula is C6H15O6Si+. The molecular weight excluding hydrogens is 196 g/mol. The summed E-state index contributed by atoms with van der Waals surface area (Å²) in [6, 6.07) is 0. The van der Waals surface area contributed by atoms with Gasteiger partial charge >= 0.3 is 9.05 Å². The van der Waals surface area contributed by atoms with E-state index in [1.165, 1.54) is 0 Å². The Labute approximate surface area is 77.5 Å². The van der Waals surface area contributed by atoms with Crippen LogP contribution in [0.2, 0.25) is 0 Å². The first-order valence-electron chi connectivity index (χ1n) is 4.14. The Hall–Kier alpha value is -0.0231. The van der Waals surface area contributed by atoms with Crippen molar-refractivity contribution in [2.45, 2.75) is 0 Å². The average Bonchev–Trinajstić information content (AvgIpc) is 2.61. The second-order valence-corrected chi connectivity index (χ2v) is 4.52. The van der Waals surface area contributed by atoms with Crippen LogP contribution in [0, 0.1) is 0 Å². The van der Waals surface area contributed by atoms with Crippen LogP contribution < -0.4 is 0 Å². The monoisotopic (exact) mass is 211 g/mol. The Bertz CT molecular complexity index is 127. The highest BCUT2D eigenvalue weighted by atomic mass is 28.4. The largest absolute Gasteiger partial charge is 0.680 e. The molecule has 1 rings (SSSR count). The van der Waals surface area contributed by atoms with E-state index in [0.717, 1.165) is 0 Å². The van der Waals surface area contributed by atoms with Crippen molar-refractivity contribution in [3.05, 3.63) is 0 Å². The predicted octanol–water partition coefficient (Wildman–Crippen LogP) is -1.78. The minimum absolute atomic E-state index is 0.0916. The zero-order chi connectivity index (χ0) is 9.57. The van der Waals surface area contributed by atoms with E-state index < -0.39 is 9.05 Å². The second kappa shape index (κ2) is 5.65. The van der Waals surface area contributed by atoms with Gasteiger partial charge in [0.15, 0.2) is 6.61 Å². The van der Waals surface area contributed by atoms with E-state index in [1.807, 2.05) is 0 Å². The quantitative estimate of drug-likeness (QED) is 0.415. The SMILES string of the molecule is OCCO[Si]1(OCC[OH2+])OCCO1. The van der Waals surface area contributed by atoms with Crippen LogP contribution in [-0.2, 0) is 17.7 Å². The molecule has 1 heterocycles. The minimum atomic E-state index is -2.95. The third kappa shape index (κ3) is 3.31. The lowest BCUT2D eigenvalue weighted by molar-refractivity contribution is 0.00358. The standard InChI is InChI=1S/C6H14O6Si/c7-1-3-9-13(10-4-2-8)11-5-6-12-13/h7-8H,1-6H2/p+1. The number of hydrogen-bond donors (Lipinski definition) is 1. The van der Waals surface area contributed by atoms with Crippen LogP contribution in [0.4, 0.5) is 0 Å². The predicted molar refractivity (Wildman–Crippen MR) is 45.1 cm³/mol. The summed E-state index contributed by atoms with van der Waals surface area (Å²) in [4.78, 5) is 0. The fraction of sp³-hybridized carbons (Fsp3) is 1.00. The van der Waals surface area contributed by atoms with Gasteiger partial charge in [0.05, 0.1) is 26.4 Å². The van der Waals surface area contributed by atoms with Crippen molar-refractivity contribution >= 4 is 9.05 Å². The molecule has 1 aliphatic rings. The molecule has 7 heteroatoms. The van der Waals surface area contributed by atoms with E-state index in [2.05, 4.69) is 0 Å². The molecule has 0 radical (unpaired) electrons. The van der Waals surface area contributed by atoms with Gasteiger partial charge in [0.2, 0.25) is 0 Å². The van der Waals surface area contributed by atoms with Gasteiger partial charge in [-0.15, -0.1) is 0 Å². The molecule has 1 aliphatic heterocycles. The molecule has 6 nitrogen and oxygen atoms in total. The molecule has 0 aliphatic carbocycles. The molecule has 0 atom stereocenters. The normalized spacial score (nSPS) is 20.8. The van der Waals surface area contributed by atoms with Crippen molar-refractivity contribution in [3.63, 3.8) is 0 Å². The summed E-state index contributed by atoms with van der Waals surface area (Å²) in [5.41, 5.74) is 0. The fourth-order valence-electron chi connectivity index (χ4n) is 0.930. The summed E-state index contributed by atoms with van der Waals surface area (Å²) >= 11 is 0. The molecule has 0 unspecified atom stereocenters. The van der Waals surface area contributed by atoms with E-state index in [-0.39, 0.29) is 26.4 Å². The van der Waals surface area contributed by atoms with Gasteiger partial charge in [-0.05, 0) is 0 Å². The van der Waals surface area contributed by atoms with E-state index in [9.17, 15) is 0 Å². The molecule has 0 saturated carbocycles. The van der Waals surface area contributed by atoms with Crippen molar-refractivity contribution in [1.82, 2.24) is 0 Å². The Morgan fingerprint density at radius 2 is 1.85 bits per heavy atom. The second-order valence-electron chi connectivity index (χ2n) is 2.37. The molecule has 0 aromatic heterocycles. The first-order valence-corrected chi connectivity index (χ1v) is 5.77. The van der Waals surface area contributed by atoms with Crippen molar-refractivity contribution in [3.8, 4) is 0 Å². The summed E-state index contributed by atoms with van der Waals surface area (Å²) in [6.07, 6.45) is 0. The molecule has 0 bridgehead atoms. The molecule has 1 saturated heterocycles. The summed E-state index contributed by atoms with van der Waals surface area (Å²) in [5.74, 6) is 0. The smallest absolute Gasteiger partial charge is 0.444 e. The molecule has 0 aromatic rings. The Kier molecular flexibility index (Phi) is 4.81. The lowest BCUT2D eigenvalue weighted by atomic mass is 10.8. The lowest BCUT2D eigenvalue weighted by Gasteiger charge is -2.20. The molecule has 0 amide bonds. The van der Waals surface area contributed by atoms with Crippen LogP contribution in [0.5, 0.6) is 0 Å². The van der Waals surface area contributed by atoms with Crippen LogP contribution >= 0.6 is 0 Å². The van der Waals surface area contributed by atoms with Crippen LogP contribution in [0.25, 0.3) is 0 Å². The Balaban J connectivity index is 2.33. The highest BCUT2D eigenvalue weighted by Gasteiger charge is 2.49. The van der Waals surface area contributed by atoms with Crippen molar-refractivity contribution in [1.29, 1.82) is 0 Å². The topological polar surface area (TPSA) is 80.0 Å². The zero-order valence-electron chi connectivity index (χ0n) is 7.32.